The molecule has 0 unspecified atom stereocenters. The number of rotatable bonds is 3. The highest BCUT2D eigenvalue weighted by Crippen LogP contribution is 2.60. The number of aliphatic imine (C=N–C) groups is 1. The smallest absolute Gasteiger partial charge is 0.248 e. The Hall–Kier alpha value is -1.64. The summed E-state index contributed by atoms with van der Waals surface area (Å²) in [5.74, 6) is 3.86. The van der Waals surface area contributed by atoms with E-state index in [2.05, 4.69) is 4.99 Å². The molecule has 1 aromatic rings. The van der Waals surface area contributed by atoms with Crippen LogP contribution in [0.25, 0.3) is 0 Å². The Morgan fingerprint density at radius 1 is 1.09 bits per heavy atom. The zero-order valence-corrected chi connectivity index (χ0v) is 13.8. The number of hydrogen-bond donors (Lipinski definition) is 0. The number of hydrogen-bond acceptors (Lipinski definition) is 2. The zero-order chi connectivity index (χ0) is 15.9. The monoisotopic (exact) mass is 311 g/mol. The Morgan fingerprint density at radius 2 is 1.65 bits per heavy atom. The largest absolute Gasteiger partial charge is 0.442 e. The Balaban J connectivity index is 1.67. The Labute approximate surface area is 138 Å². The van der Waals surface area contributed by atoms with Crippen molar-refractivity contribution < 1.29 is 9.53 Å². The Kier molecular flexibility index (Phi) is 3.74. The lowest BCUT2D eigenvalue weighted by atomic mass is 9.49. The van der Waals surface area contributed by atoms with Crippen LogP contribution in [0.5, 0.6) is 5.75 Å². The van der Waals surface area contributed by atoms with Crippen molar-refractivity contribution in [2.45, 2.75) is 51.9 Å². The number of para-hydroxylation sites is 1. The molecular weight excluding hydrogens is 286 g/mol. The van der Waals surface area contributed by atoms with Crippen LogP contribution in [0.2, 0.25) is 0 Å². The van der Waals surface area contributed by atoms with Gasteiger partial charge in [0.2, 0.25) is 11.8 Å². The van der Waals surface area contributed by atoms with Crippen molar-refractivity contribution >= 4 is 11.8 Å². The first-order valence-electron chi connectivity index (χ1n) is 9.02. The van der Waals surface area contributed by atoms with Crippen molar-refractivity contribution in [2.24, 2.45) is 28.2 Å². The van der Waals surface area contributed by atoms with Crippen LogP contribution in [-0.2, 0) is 4.79 Å². The standard InChI is InChI=1S/C20H25NO2/c1-2-18(22)21-19(23-17-6-4-3-5-7-17)20-11-14-8-15(12-20)10-16(9-14)13-20/h3-7,14-16H,2,8-13H2,1H3. The van der Waals surface area contributed by atoms with Crippen LogP contribution in [0.4, 0.5) is 0 Å². The van der Waals surface area contributed by atoms with Crippen molar-refractivity contribution in [1.82, 2.24) is 0 Å². The highest BCUT2D eigenvalue weighted by Gasteiger charge is 2.54. The van der Waals surface area contributed by atoms with Crippen LogP contribution >= 0.6 is 0 Å². The molecule has 4 saturated carbocycles. The normalized spacial score (nSPS) is 35.3. The minimum atomic E-state index is -0.0633. The second kappa shape index (κ2) is 5.77. The molecular formula is C20H25NO2. The summed E-state index contributed by atoms with van der Waals surface area (Å²) in [6, 6.07) is 9.81. The molecule has 0 atom stereocenters. The summed E-state index contributed by atoms with van der Waals surface area (Å²) in [4.78, 5) is 16.5. The van der Waals surface area contributed by atoms with Crippen molar-refractivity contribution in [2.75, 3.05) is 0 Å². The van der Waals surface area contributed by atoms with Crippen LogP contribution in [-0.4, -0.2) is 11.8 Å². The molecule has 5 rings (SSSR count). The molecule has 4 fully saturated rings. The SMILES string of the molecule is CCC(=O)N=C(Oc1ccccc1)C12CC3CC(CC(C3)C1)C2. The quantitative estimate of drug-likeness (QED) is 0.603. The van der Waals surface area contributed by atoms with Crippen LogP contribution < -0.4 is 4.74 Å². The fourth-order valence-corrected chi connectivity index (χ4v) is 5.41. The van der Waals surface area contributed by atoms with Crippen molar-refractivity contribution in [3.8, 4) is 5.75 Å². The number of amides is 1. The van der Waals surface area contributed by atoms with E-state index in [0.29, 0.717) is 12.3 Å². The fraction of sp³-hybridized carbons (Fsp3) is 0.600. The first kappa shape index (κ1) is 14.9. The summed E-state index contributed by atoms with van der Waals surface area (Å²) in [5.41, 5.74) is 0.00935. The third kappa shape index (κ3) is 2.82. The maximum absolute atomic E-state index is 12.0. The maximum atomic E-state index is 12.0. The molecule has 0 aromatic heterocycles. The van der Waals surface area contributed by atoms with Crippen LogP contribution in [0.1, 0.15) is 51.9 Å². The van der Waals surface area contributed by atoms with E-state index in [4.69, 9.17) is 4.74 Å². The summed E-state index contributed by atoms with van der Waals surface area (Å²) < 4.78 is 6.20. The van der Waals surface area contributed by atoms with Gasteiger partial charge in [-0.15, -0.1) is 0 Å². The second-order valence-corrected chi connectivity index (χ2v) is 7.78. The predicted octanol–water partition coefficient (Wildman–Crippen LogP) is 4.62. The minimum Gasteiger partial charge on any atom is -0.442 e. The number of carbonyl (C=O) groups is 1. The van der Waals surface area contributed by atoms with Gasteiger partial charge in [0.15, 0.2) is 0 Å². The number of ether oxygens (including phenoxy) is 1. The van der Waals surface area contributed by atoms with Gasteiger partial charge in [-0.3, -0.25) is 4.79 Å². The van der Waals surface area contributed by atoms with Gasteiger partial charge in [0.05, 0.1) is 0 Å². The molecule has 0 saturated heterocycles. The molecule has 0 aliphatic heterocycles. The van der Waals surface area contributed by atoms with Crippen molar-refractivity contribution in [3.63, 3.8) is 0 Å². The van der Waals surface area contributed by atoms with Gasteiger partial charge in [0.25, 0.3) is 0 Å². The topological polar surface area (TPSA) is 38.7 Å². The van der Waals surface area contributed by atoms with E-state index in [0.717, 1.165) is 42.8 Å². The Morgan fingerprint density at radius 3 is 2.17 bits per heavy atom. The van der Waals surface area contributed by atoms with Gasteiger partial charge in [0.1, 0.15) is 5.75 Å². The molecule has 4 aliphatic carbocycles. The van der Waals surface area contributed by atoms with Crippen LogP contribution in [0, 0.1) is 23.2 Å². The lowest BCUT2D eigenvalue weighted by Gasteiger charge is -2.56. The van der Waals surface area contributed by atoms with Crippen LogP contribution in [0.15, 0.2) is 35.3 Å². The van der Waals surface area contributed by atoms with Gasteiger partial charge in [-0.2, -0.15) is 4.99 Å². The van der Waals surface area contributed by atoms with Crippen molar-refractivity contribution in [1.29, 1.82) is 0 Å². The highest BCUT2D eigenvalue weighted by atomic mass is 16.5. The van der Waals surface area contributed by atoms with Crippen molar-refractivity contribution in [3.05, 3.63) is 30.3 Å². The maximum Gasteiger partial charge on any atom is 0.248 e. The first-order valence-corrected chi connectivity index (χ1v) is 9.02. The third-order valence-electron chi connectivity index (χ3n) is 5.98. The van der Waals surface area contributed by atoms with Gasteiger partial charge in [0, 0.05) is 11.8 Å². The van der Waals surface area contributed by atoms with E-state index >= 15 is 0 Å². The summed E-state index contributed by atoms with van der Waals surface area (Å²) in [5, 5.41) is 0. The summed E-state index contributed by atoms with van der Waals surface area (Å²) in [6.07, 6.45) is 8.03. The third-order valence-corrected chi connectivity index (χ3v) is 5.98. The van der Waals surface area contributed by atoms with Gasteiger partial charge < -0.3 is 4.74 Å². The molecule has 3 heteroatoms. The summed E-state index contributed by atoms with van der Waals surface area (Å²) in [6.45, 7) is 1.87. The van der Waals surface area contributed by atoms with E-state index in [1.165, 1.54) is 19.3 Å². The molecule has 0 spiro atoms. The number of nitrogens with zero attached hydrogens (tertiary/aromatic N) is 1. The second-order valence-electron chi connectivity index (χ2n) is 7.78. The molecule has 122 valence electrons. The number of benzene rings is 1. The summed E-state index contributed by atoms with van der Waals surface area (Å²) in [7, 11) is 0. The van der Waals surface area contributed by atoms with Gasteiger partial charge in [-0.1, -0.05) is 25.1 Å². The van der Waals surface area contributed by atoms with E-state index < -0.39 is 0 Å². The van der Waals surface area contributed by atoms with E-state index in [9.17, 15) is 4.79 Å². The van der Waals surface area contributed by atoms with Gasteiger partial charge >= 0.3 is 0 Å². The molecule has 1 amide bonds. The highest BCUT2D eigenvalue weighted by molar-refractivity contribution is 5.95. The predicted molar refractivity (Wildman–Crippen MR) is 90.4 cm³/mol. The molecule has 4 bridgehead atoms. The van der Waals surface area contributed by atoms with Gasteiger partial charge in [-0.05, 0) is 68.4 Å². The summed E-state index contributed by atoms with van der Waals surface area (Å²) >= 11 is 0. The molecule has 0 N–H and O–H groups in total. The molecule has 3 nitrogen and oxygen atoms in total. The lowest BCUT2D eigenvalue weighted by Crippen LogP contribution is -2.51. The number of carbonyl (C=O) groups excluding carboxylic acids is 1. The first-order chi connectivity index (χ1) is 11.2. The Bertz CT molecular complexity index is 585. The minimum absolute atomic E-state index is 0.00935. The van der Waals surface area contributed by atoms with Gasteiger partial charge in [-0.25, -0.2) is 0 Å². The van der Waals surface area contributed by atoms with E-state index in [-0.39, 0.29) is 11.3 Å². The van der Waals surface area contributed by atoms with E-state index in [1.807, 2.05) is 37.3 Å². The zero-order valence-electron chi connectivity index (χ0n) is 13.8. The molecule has 1 aromatic carbocycles. The molecule has 0 radical (unpaired) electrons. The molecule has 0 heterocycles. The van der Waals surface area contributed by atoms with Crippen LogP contribution in [0.3, 0.4) is 0 Å². The fourth-order valence-electron chi connectivity index (χ4n) is 5.41. The molecule has 23 heavy (non-hydrogen) atoms. The lowest BCUT2D eigenvalue weighted by molar-refractivity contribution is -0.117. The molecule has 4 aliphatic rings. The average molecular weight is 311 g/mol. The average Bonchev–Trinajstić information content (AvgIpc) is 2.54. The van der Waals surface area contributed by atoms with E-state index in [1.54, 1.807) is 0 Å².